The fourth-order valence-corrected chi connectivity index (χ4v) is 1.33. The Balaban J connectivity index is 2.63. The van der Waals surface area contributed by atoms with E-state index in [1.807, 2.05) is 0 Å². The summed E-state index contributed by atoms with van der Waals surface area (Å²) in [6, 6.07) is 3.15. The van der Waals surface area contributed by atoms with Crippen LogP contribution in [-0.4, -0.2) is 25.2 Å². The van der Waals surface area contributed by atoms with Crippen molar-refractivity contribution in [3.63, 3.8) is 0 Å². The van der Waals surface area contributed by atoms with Crippen molar-refractivity contribution in [1.82, 2.24) is 4.98 Å². The number of nitrogens with zero attached hydrogens (tertiary/aromatic N) is 1. The summed E-state index contributed by atoms with van der Waals surface area (Å²) in [4.78, 5) is 15.3. The Hall–Kier alpha value is -2.04. The summed E-state index contributed by atoms with van der Waals surface area (Å²) in [7, 11) is 2.82. The fourth-order valence-electron chi connectivity index (χ4n) is 1.33. The average Bonchev–Trinajstić information content (AvgIpc) is 2.74. The molecule has 0 amide bonds. The summed E-state index contributed by atoms with van der Waals surface area (Å²) in [6.45, 7) is 0. The molecule has 0 aliphatic rings. The number of carbonyl (C=O) groups excluding carboxylic acids is 1. The molecule has 0 spiro atoms. The maximum atomic E-state index is 11.3. The van der Waals surface area contributed by atoms with E-state index in [0.29, 0.717) is 22.4 Å². The highest BCUT2D eigenvalue weighted by Gasteiger charge is 2.13. The summed E-state index contributed by atoms with van der Waals surface area (Å²) in [5.41, 5.74) is 1.47. The number of hydrogen-bond acceptors (Lipinski definition) is 5. The molecule has 1 aromatic carbocycles. The molecule has 5 heteroatoms. The average molecular weight is 207 g/mol. The van der Waals surface area contributed by atoms with Crippen LogP contribution in [0, 0.1) is 0 Å². The minimum Gasteiger partial charge on any atom is -0.493 e. The molecule has 78 valence electrons. The van der Waals surface area contributed by atoms with Crippen molar-refractivity contribution in [2.75, 3.05) is 14.2 Å². The third kappa shape index (κ3) is 1.52. The molecule has 1 aromatic heterocycles. The van der Waals surface area contributed by atoms with Crippen LogP contribution in [0.4, 0.5) is 0 Å². The first kappa shape index (κ1) is 9.51. The quantitative estimate of drug-likeness (QED) is 0.700. The van der Waals surface area contributed by atoms with Crippen molar-refractivity contribution >= 4 is 17.1 Å². The van der Waals surface area contributed by atoms with Gasteiger partial charge in [0.05, 0.1) is 19.8 Å². The summed E-state index contributed by atoms with van der Waals surface area (Å²) in [6.07, 6.45) is 1.30. The number of rotatable bonds is 2. The van der Waals surface area contributed by atoms with Crippen LogP contribution in [0.1, 0.15) is 10.4 Å². The zero-order valence-corrected chi connectivity index (χ0v) is 8.31. The van der Waals surface area contributed by atoms with Crippen molar-refractivity contribution in [3.8, 4) is 5.75 Å². The molecule has 0 unspecified atom stereocenters. The maximum Gasteiger partial charge on any atom is 0.338 e. The largest absolute Gasteiger partial charge is 0.493 e. The van der Waals surface area contributed by atoms with Gasteiger partial charge in [0, 0.05) is 0 Å². The van der Waals surface area contributed by atoms with E-state index >= 15 is 0 Å². The van der Waals surface area contributed by atoms with Gasteiger partial charge in [-0.3, -0.25) is 0 Å². The molecule has 0 fully saturated rings. The Morgan fingerprint density at radius 1 is 1.40 bits per heavy atom. The van der Waals surface area contributed by atoms with Gasteiger partial charge in [-0.25, -0.2) is 9.78 Å². The van der Waals surface area contributed by atoms with Crippen LogP contribution < -0.4 is 4.74 Å². The zero-order chi connectivity index (χ0) is 10.8. The van der Waals surface area contributed by atoms with Gasteiger partial charge in [0.2, 0.25) is 0 Å². The number of benzene rings is 1. The van der Waals surface area contributed by atoms with Gasteiger partial charge in [-0.2, -0.15) is 0 Å². The van der Waals surface area contributed by atoms with Crippen molar-refractivity contribution in [2.45, 2.75) is 0 Å². The Labute approximate surface area is 85.6 Å². The Bertz CT molecular complexity index is 503. The lowest BCUT2D eigenvalue weighted by Gasteiger charge is -2.03. The van der Waals surface area contributed by atoms with Gasteiger partial charge in [-0.1, -0.05) is 0 Å². The zero-order valence-electron chi connectivity index (χ0n) is 8.31. The molecular weight excluding hydrogens is 198 g/mol. The molecule has 2 aromatic rings. The third-order valence-electron chi connectivity index (χ3n) is 2.04. The molecule has 0 saturated carbocycles. The number of hydrogen-bond donors (Lipinski definition) is 0. The van der Waals surface area contributed by atoms with E-state index in [1.165, 1.54) is 20.6 Å². The topological polar surface area (TPSA) is 61.6 Å². The van der Waals surface area contributed by atoms with Gasteiger partial charge in [0.15, 0.2) is 17.7 Å². The normalized spacial score (nSPS) is 10.3. The number of methoxy groups -OCH3 is 2. The number of aromatic nitrogens is 1. The second-order valence-corrected chi connectivity index (χ2v) is 2.87. The first-order valence-electron chi connectivity index (χ1n) is 4.26. The number of oxazole rings is 1. The SMILES string of the molecule is COC(=O)c1cc(OC)c2ocnc2c1. The van der Waals surface area contributed by atoms with E-state index in [-0.39, 0.29) is 0 Å². The summed E-state index contributed by atoms with van der Waals surface area (Å²) in [5, 5.41) is 0. The smallest absolute Gasteiger partial charge is 0.338 e. The predicted molar refractivity (Wildman–Crippen MR) is 51.9 cm³/mol. The van der Waals surface area contributed by atoms with E-state index in [2.05, 4.69) is 9.72 Å². The Morgan fingerprint density at radius 3 is 2.87 bits per heavy atom. The van der Waals surface area contributed by atoms with E-state index in [4.69, 9.17) is 9.15 Å². The number of carbonyl (C=O) groups is 1. The summed E-state index contributed by atoms with van der Waals surface area (Å²) < 4.78 is 14.8. The molecule has 15 heavy (non-hydrogen) atoms. The summed E-state index contributed by atoms with van der Waals surface area (Å²) >= 11 is 0. The van der Waals surface area contributed by atoms with Crippen molar-refractivity contribution in [2.24, 2.45) is 0 Å². The second-order valence-electron chi connectivity index (χ2n) is 2.87. The van der Waals surface area contributed by atoms with Crippen LogP contribution >= 0.6 is 0 Å². The van der Waals surface area contributed by atoms with Crippen molar-refractivity contribution < 1.29 is 18.7 Å². The van der Waals surface area contributed by atoms with Crippen LogP contribution in [-0.2, 0) is 4.74 Å². The van der Waals surface area contributed by atoms with Crippen LogP contribution in [0.25, 0.3) is 11.1 Å². The number of fused-ring (bicyclic) bond motifs is 1. The monoisotopic (exact) mass is 207 g/mol. The lowest BCUT2D eigenvalue weighted by Crippen LogP contribution is -2.01. The first-order chi connectivity index (χ1) is 7.26. The van der Waals surface area contributed by atoms with E-state index in [9.17, 15) is 4.79 Å². The fraction of sp³-hybridized carbons (Fsp3) is 0.200. The van der Waals surface area contributed by atoms with Crippen LogP contribution in [0.5, 0.6) is 5.75 Å². The molecule has 0 atom stereocenters. The molecule has 0 saturated heterocycles. The van der Waals surface area contributed by atoms with Gasteiger partial charge in [-0.15, -0.1) is 0 Å². The Kier molecular flexibility index (Phi) is 2.29. The van der Waals surface area contributed by atoms with Crippen LogP contribution in [0.2, 0.25) is 0 Å². The number of ether oxygens (including phenoxy) is 2. The van der Waals surface area contributed by atoms with Crippen LogP contribution in [0.15, 0.2) is 22.9 Å². The van der Waals surface area contributed by atoms with Crippen molar-refractivity contribution in [3.05, 3.63) is 24.1 Å². The lowest BCUT2D eigenvalue weighted by molar-refractivity contribution is 0.0600. The lowest BCUT2D eigenvalue weighted by atomic mass is 10.2. The molecule has 1 heterocycles. The molecule has 0 aliphatic carbocycles. The van der Waals surface area contributed by atoms with E-state index in [1.54, 1.807) is 12.1 Å². The van der Waals surface area contributed by atoms with Gasteiger partial charge in [0.25, 0.3) is 0 Å². The van der Waals surface area contributed by atoms with E-state index < -0.39 is 5.97 Å². The van der Waals surface area contributed by atoms with Crippen molar-refractivity contribution in [1.29, 1.82) is 0 Å². The Morgan fingerprint density at radius 2 is 2.20 bits per heavy atom. The van der Waals surface area contributed by atoms with Gasteiger partial charge in [-0.05, 0) is 12.1 Å². The standard InChI is InChI=1S/C10H9NO4/c1-13-8-4-6(10(12)14-2)3-7-9(8)15-5-11-7/h3-5H,1-2H3. The molecule has 2 rings (SSSR count). The molecular formula is C10H9NO4. The molecule has 0 aliphatic heterocycles. The molecule has 5 nitrogen and oxygen atoms in total. The third-order valence-corrected chi connectivity index (χ3v) is 2.04. The highest BCUT2D eigenvalue weighted by molar-refractivity contribution is 5.95. The predicted octanol–water partition coefficient (Wildman–Crippen LogP) is 1.62. The minimum atomic E-state index is -0.432. The van der Waals surface area contributed by atoms with Gasteiger partial charge in [0.1, 0.15) is 5.52 Å². The highest BCUT2D eigenvalue weighted by Crippen LogP contribution is 2.26. The van der Waals surface area contributed by atoms with Gasteiger partial charge >= 0.3 is 5.97 Å². The van der Waals surface area contributed by atoms with E-state index in [0.717, 1.165) is 0 Å². The molecule has 0 bridgehead atoms. The molecule has 0 N–H and O–H groups in total. The minimum absolute atomic E-state index is 0.385. The maximum absolute atomic E-state index is 11.3. The second kappa shape index (κ2) is 3.61. The van der Waals surface area contributed by atoms with Gasteiger partial charge < -0.3 is 13.9 Å². The molecule has 0 radical (unpaired) electrons. The first-order valence-corrected chi connectivity index (χ1v) is 4.26. The van der Waals surface area contributed by atoms with Crippen LogP contribution in [0.3, 0.4) is 0 Å². The highest BCUT2D eigenvalue weighted by atomic mass is 16.5. The number of esters is 1. The summed E-state index contributed by atoms with van der Waals surface area (Å²) in [5.74, 6) is 0.0311.